The van der Waals surface area contributed by atoms with Crippen LogP contribution in [0.5, 0.6) is 0 Å². The highest BCUT2D eigenvalue weighted by Crippen LogP contribution is 2.42. The largest absolute Gasteiger partial charge is 0.349 e. The van der Waals surface area contributed by atoms with Crippen LogP contribution in [0, 0.1) is 9.81 Å². The number of rotatable bonds is 7. The maximum atomic E-state index is 11.2. The predicted molar refractivity (Wildman–Crippen MR) is 102 cm³/mol. The molecule has 1 unspecified atom stereocenters. The fourth-order valence-electron chi connectivity index (χ4n) is 2.95. The number of H-pyrrole nitrogens is 1. The van der Waals surface area contributed by atoms with E-state index in [9.17, 15) is 9.81 Å². The van der Waals surface area contributed by atoms with E-state index in [0.29, 0.717) is 4.90 Å². The maximum Gasteiger partial charge on any atom is 0.124 e. The Morgan fingerprint density at radius 3 is 2.64 bits per heavy atom. The normalized spacial score (nSPS) is 12.2. The molecule has 1 atom stereocenters. The Kier molecular flexibility index (Phi) is 5.25. The summed E-state index contributed by atoms with van der Waals surface area (Å²) in [7, 11) is 1.94. The summed E-state index contributed by atoms with van der Waals surface area (Å²) in [6.45, 7) is 2.13. The Hall–Kier alpha value is -2.51. The van der Waals surface area contributed by atoms with Crippen molar-refractivity contribution in [2.75, 3.05) is 7.05 Å². The van der Waals surface area contributed by atoms with Crippen LogP contribution in [0.2, 0.25) is 0 Å². The van der Waals surface area contributed by atoms with E-state index in [1.54, 1.807) is 12.1 Å². The molecule has 1 heterocycles. The zero-order valence-corrected chi connectivity index (χ0v) is 14.8. The molecule has 3 aromatic rings. The molecule has 1 aromatic heterocycles. The van der Waals surface area contributed by atoms with Crippen LogP contribution >= 0.6 is 11.8 Å². The molecular formula is C18H18N4O2S. The lowest BCUT2D eigenvalue weighted by Gasteiger charge is -2.16. The van der Waals surface area contributed by atoms with E-state index in [4.69, 9.17) is 0 Å². The summed E-state index contributed by atoms with van der Waals surface area (Å²) >= 11 is 1.44. The van der Waals surface area contributed by atoms with Gasteiger partial charge in [0.2, 0.25) is 0 Å². The smallest absolute Gasteiger partial charge is 0.124 e. The first-order valence-corrected chi connectivity index (χ1v) is 8.80. The first kappa shape index (κ1) is 17.3. The molecule has 0 saturated carbocycles. The molecule has 7 heteroatoms. The zero-order chi connectivity index (χ0) is 17.8. The van der Waals surface area contributed by atoms with Gasteiger partial charge in [0.15, 0.2) is 0 Å². The Morgan fingerprint density at radius 1 is 1.16 bits per heavy atom. The van der Waals surface area contributed by atoms with Crippen LogP contribution in [-0.2, 0) is 0 Å². The van der Waals surface area contributed by atoms with Gasteiger partial charge in [-0.3, -0.25) is 0 Å². The number of nitroso groups, excluding NO2 is 2. The minimum atomic E-state index is 0.183. The monoisotopic (exact) mass is 354 g/mol. The lowest BCUT2D eigenvalue weighted by molar-refractivity contribution is 0.571. The van der Waals surface area contributed by atoms with Crippen molar-refractivity contribution in [2.45, 2.75) is 29.3 Å². The fraction of sp³-hybridized carbons (Fsp3) is 0.222. The molecule has 0 radical (unpaired) electrons. The van der Waals surface area contributed by atoms with Gasteiger partial charge in [0.05, 0.1) is 5.03 Å². The number of benzene rings is 2. The molecule has 6 nitrogen and oxygen atoms in total. The Balaban J connectivity index is 2.11. The molecule has 128 valence electrons. The number of fused-ring (bicyclic) bond motifs is 1. The van der Waals surface area contributed by atoms with Crippen molar-refractivity contribution in [1.82, 2.24) is 10.3 Å². The third-order valence-electron chi connectivity index (χ3n) is 4.17. The van der Waals surface area contributed by atoms with Gasteiger partial charge in [-0.1, -0.05) is 36.9 Å². The maximum absolute atomic E-state index is 11.2. The molecule has 0 aliphatic rings. The minimum Gasteiger partial charge on any atom is -0.349 e. The average molecular weight is 354 g/mol. The molecule has 0 saturated heterocycles. The second kappa shape index (κ2) is 7.58. The van der Waals surface area contributed by atoms with Crippen molar-refractivity contribution in [3.8, 4) is 0 Å². The molecular weight excluding hydrogens is 336 g/mol. The summed E-state index contributed by atoms with van der Waals surface area (Å²) in [6, 6.07) is 13.0. The van der Waals surface area contributed by atoms with Crippen LogP contribution < -0.4 is 5.32 Å². The first-order chi connectivity index (χ1) is 12.2. The molecule has 0 aliphatic heterocycles. The summed E-state index contributed by atoms with van der Waals surface area (Å²) in [5.41, 5.74) is 2.61. The number of aromatic nitrogens is 1. The van der Waals surface area contributed by atoms with E-state index >= 15 is 0 Å². The summed E-state index contributed by atoms with van der Waals surface area (Å²) in [4.78, 5) is 25.9. The molecule has 0 aliphatic carbocycles. The predicted octanol–water partition coefficient (Wildman–Crippen LogP) is 5.79. The van der Waals surface area contributed by atoms with E-state index in [0.717, 1.165) is 22.3 Å². The van der Waals surface area contributed by atoms with E-state index in [-0.39, 0.29) is 17.4 Å². The van der Waals surface area contributed by atoms with Crippen molar-refractivity contribution in [3.63, 3.8) is 0 Å². The molecule has 0 bridgehead atoms. The van der Waals surface area contributed by atoms with E-state index in [1.807, 2.05) is 25.2 Å². The first-order valence-electron chi connectivity index (χ1n) is 7.98. The van der Waals surface area contributed by atoms with Gasteiger partial charge in [-0.2, -0.15) is 0 Å². The molecule has 0 amide bonds. The van der Waals surface area contributed by atoms with Crippen molar-refractivity contribution in [2.24, 2.45) is 10.4 Å². The van der Waals surface area contributed by atoms with Crippen molar-refractivity contribution >= 4 is 34.0 Å². The number of hydrogen-bond donors (Lipinski definition) is 2. The van der Waals surface area contributed by atoms with Crippen molar-refractivity contribution < 1.29 is 0 Å². The van der Waals surface area contributed by atoms with Gasteiger partial charge in [0.1, 0.15) is 11.4 Å². The van der Waals surface area contributed by atoms with Crippen LogP contribution in [0.3, 0.4) is 0 Å². The van der Waals surface area contributed by atoms with E-state index < -0.39 is 0 Å². The van der Waals surface area contributed by atoms with E-state index in [2.05, 4.69) is 33.6 Å². The number of nitrogens with zero attached hydrogens (tertiary/aromatic N) is 2. The Bertz CT molecular complexity index is 919. The summed E-state index contributed by atoms with van der Waals surface area (Å²) in [6.07, 6.45) is 0.929. The molecule has 0 fully saturated rings. The van der Waals surface area contributed by atoms with Gasteiger partial charge < -0.3 is 10.3 Å². The third kappa shape index (κ3) is 3.33. The van der Waals surface area contributed by atoms with Crippen LogP contribution in [0.1, 0.15) is 24.9 Å². The summed E-state index contributed by atoms with van der Waals surface area (Å²) in [5, 5.41) is 11.4. The lowest BCUT2D eigenvalue weighted by Crippen LogP contribution is -2.15. The van der Waals surface area contributed by atoms with Crippen LogP contribution in [0.15, 0.2) is 62.7 Å². The highest BCUT2D eigenvalue weighted by Gasteiger charge is 2.20. The summed E-state index contributed by atoms with van der Waals surface area (Å²) in [5.74, 6) is 0. The van der Waals surface area contributed by atoms with Crippen molar-refractivity contribution in [1.29, 1.82) is 0 Å². The molecule has 0 spiro atoms. The van der Waals surface area contributed by atoms with Crippen LogP contribution in [0.25, 0.3) is 10.9 Å². The molecule has 2 N–H and O–H groups in total. The summed E-state index contributed by atoms with van der Waals surface area (Å²) < 4.78 is 0. The van der Waals surface area contributed by atoms with Gasteiger partial charge in [-0.15, -0.1) is 9.81 Å². The second-order valence-corrected chi connectivity index (χ2v) is 6.65. The number of hydrogen-bond acceptors (Lipinski definition) is 6. The zero-order valence-electron chi connectivity index (χ0n) is 13.9. The second-order valence-electron chi connectivity index (χ2n) is 5.60. The number of para-hydroxylation sites is 1. The molecule has 2 aromatic carbocycles. The van der Waals surface area contributed by atoms with Gasteiger partial charge in [0, 0.05) is 27.4 Å². The van der Waals surface area contributed by atoms with Gasteiger partial charge in [-0.25, -0.2) is 0 Å². The van der Waals surface area contributed by atoms with Gasteiger partial charge in [-0.05, 0) is 48.1 Å². The fourth-order valence-corrected chi connectivity index (χ4v) is 4.03. The Morgan fingerprint density at radius 2 is 1.96 bits per heavy atom. The third-order valence-corrected chi connectivity index (χ3v) is 5.26. The average Bonchev–Trinajstić information content (AvgIpc) is 3.01. The molecule has 3 rings (SSSR count). The minimum absolute atomic E-state index is 0.183. The quantitative estimate of drug-likeness (QED) is 0.526. The van der Waals surface area contributed by atoms with Crippen molar-refractivity contribution in [3.05, 3.63) is 57.8 Å². The number of nitrogens with one attached hydrogen (secondary N) is 2. The number of aromatic amines is 1. The van der Waals surface area contributed by atoms with Gasteiger partial charge >= 0.3 is 0 Å². The Labute approximate surface area is 149 Å². The van der Waals surface area contributed by atoms with Gasteiger partial charge in [0.25, 0.3) is 0 Å². The van der Waals surface area contributed by atoms with Crippen LogP contribution in [0.4, 0.5) is 11.4 Å². The highest BCUT2D eigenvalue weighted by atomic mass is 32.2. The molecule has 25 heavy (non-hydrogen) atoms. The van der Waals surface area contributed by atoms with E-state index in [1.165, 1.54) is 23.4 Å². The lowest BCUT2D eigenvalue weighted by atomic mass is 10.0. The highest BCUT2D eigenvalue weighted by molar-refractivity contribution is 7.99. The van der Waals surface area contributed by atoms with Crippen LogP contribution in [-0.4, -0.2) is 12.0 Å². The topological polar surface area (TPSA) is 86.7 Å². The standard InChI is InChI=1S/C18H18N4O2S/c1-3-13(19-2)17-12-6-4-5-7-14(12)20-18(17)25-16-9-8-11(21-23)10-15(16)22-24/h4-10,13,19-20H,3H2,1-2H3. The SMILES string of the molecule is CCC(NC)c1c(Sc2ccc(N=O)cc2N=O)[nH]c2ccccc12.